The molecular weight excluding hydrogens is 144 g/mol. The lowest BCUT2D eigenvalue weighted by Crippen LogP contribution is -2.06. The first kappa shape index (κ1) is 10.1. The lowest BCUT2D eigenvalue weighted by Gasteiger charge is -2.20. The van der Waals surface area contributed by atoms with Crippen LogP contribution < -0.4 is 0 Å². The molecule has 0 unspecified atom stereocenters. The summed E-state index contributed by atoms with van der Waals surface area (Å²) in [5.74, 6) is 1.06. The molecule has 0 bridgehead atoms. The second-order valence-electron chi connectivity index (χ2n) is 4.01. The van der Waals surface area contributed by atoms with Crippen molar-refractivity contribution < 1.29 is 0 Å². The molecule has 0 saturated heterocycles. The van der Waals surface area contributed by atoms with Crippen molar-refractivity contribution in [2.75, 3.05) is 0 Å². The summed E-state index contributed by atoms with van der Waals surface area (Å²) in [5.41, 5.74) is 0. The van der Waals surface area contributed by atoms with Gasteiger partial charge in [0.05, 0.1) is 0 Å². The van der Waals surface area contributed by atoms with Crippen LogP contribution in [0.2, 0.25) is 0 Å². The smallest absolute Gasteiger partial charge is 0.0386 e. The topological polar surface area (TPSA) is 0 Å². The molecule has 0 heteroatoms. The standard InChI is InChI=1S/C12H22/c1-2-3-4-6-9-12-10-7-5-8-11-12/h5,12H,1-4,6-11H2. The van der Waals surface area contributed by atoms with Crippen molar-refractivity contribution in [1.29, 1.82) is 0 Å². The summed E-state index contributed by atoms with van der Waals surface area (Å²) < 4.78 is 0. The highest BCUT2D eigenvalue weighted by atomic mass is 14.2. The number of unbranched alkanes of at least 4 members (excludes halogenated alkanes) is 3. The predicted molar refractivity (Wildman–Crippen MR) is 54.7 cm³/mol. The molecule has 1 fully saturated rings. The van der Waals surface area contributed by atoms with E-state index in [9.17, 15) is 0 Å². The molecule has 1 saturated carbocycles. The largest absolute Gasteiger partial charge is 0.0533 e. The van der Waals surface area contributed by atoms with E-state index in [1.54, 1.807) is 0 Å². The van der Waals surface area contributed by atoms with Crippen LogP contribution in [0.5, 0.6) is 0 Å². The van der Waals surface area contributed by atoms with Crippen LogP contribution in [0.3, 0.4) is 0 Å². The Morgan fingerprint density at radius 3 is 2.50 bits per heavy atom. The average molecular weight is 166 g/mol. The second-order valence-corrected chi connectivity index (χ2v) is 4.01. The van der Waals surface area contributed by atoms with E-state index < -0.39 is 0 Å². The summed E-state index contributed by atoms with van der Waals surface area (Å²) in [6, 6.07) is 0. The summed E-state index contributed by atoms with van der Waals surface area (Å²) in [6.07, 6.45) is 14.9. The molecule has 0 aliphatic heterocycles. The molecule has 0 amide bonds. The summed E-state index contributed by atoms with van der Waals surface area (Å²) in [6.45, 7) is 3.87. The van der Waals surface area contributed by atoms with Crippen LogP contribution in [0.4, 0.5) is 0 Å². The van der Waals surface area contributed by atoms with Crippen molar-refractivity contribution >= 4 is 0 Å². The number of rotatable bonds is 5. The first-order valence-corrected chi connectivity index (χ1v) is 5.54. The SMILES string of the molecule is [CH2]CCCCCC1CC[CH]CC1. The minimum atomic E-state index is 1.06. The second kappa shape index (κ2) is 6.51. The Bertz CT molecular complexity index is 90.2. The number of hydrogen-bond donors (Lipinski definition) is 0. The van der Waals surface area contributed by atoms with Gasteiger partial charge in [0.25, 0.3) is 0 Å². The van der Waals surface area contributed by atoms with Gasteiger partial charge in [0.2, 0.25) is 0 Å². The van der Waals surface area contributed by atoms with E-state index >= 15 is 0 Å². The normalized spacial score (nSPS) is 19.8. The van der Waals surface area contributed by atoms with E-state index in [2.05, 4.69) is 13.3 Å². The molecule has 0 nitrogen and oxygen atoms in total. The fourth-order valence-corrected chi connectivity index (χ4v) is 2.07. The van der Waals surface area contributed by atoms with Gasteiger partial charge in [-0.3, -0.25) is 0 Å². The predicted octanol–water partition coefficient (Wildman–Crippen LogP) is 4.17. The Balaban J connectivity index is 1.91. The molecule has 1 rings (SSSR count). The van der Waals surface area contributed by atoms with Gasteiger partial charge in [0, 0.05) is 0 Å². The van der Waals surface area contributed by atoms with Gasteiger partial charge in [0.1, 0.15) is 0 Å². The Labute approximate surface area is 77.7 Å². The highest BCUT2D eigenvalue weighted by Crippen LogP contribution is 2.27. The summed E-state index contributed by atoms with van der Waals surface area (Å²) in [7, 11) is 0. The Morgan fingerprint density at radius 2 is 1.83 bits per heavy atom. The molecule has 0 aromatic heterocycles. The molecule has 0 atom stereocenters. The molecule has 1 aliphatic rings. The zero-order valence-corrected chi connectivity index (χ0v) is 8.23. The average Bonchev–Trinajstić information content (AvgIpc) is 2.14. The molecule has 0 N–H and O–H groups in total. The van der Waals surface area contributed by atoms with Crippen LogP contribution >= 0.6 is 0 Å². The van der Waals surface area contributed by atoms with Crippen LogP contribution in [-0.2, 0) is 0 Å². The van der Waals surface area contributed by atoms with Crippen molar-refractivity contribution in [1.82, 2.24) is 0 Å². The van der Waals surface area contributed by atoms with E-state index in [1.165, 1.54) is 51.4 Å². The fraction of sp³-hybridized carbons (Fsp3) is 0.833. The minimum absolute atomic E-state index is 1.06. The molecule has 0 spiro atoms. The van der Waals surface area contributed by atoms with Gasteiger partial charge in [-0.05, 0) is 25.2 Å². The Morgan fingerprint density at radius 1 is 1.08 bits per heavy atom. The van der Waals surface area contributed by atoms with Crippen LogP contribution in [0.25, 0.3) is 0 Å². The van der Waals surface area contributed by atoms with Crippen molar-refractivity contribution in [2.45, 2.75) is 57.8 Å². The summed E-state index contributed by atoms with van der Waals surface area (Å²) in [4.78, 5) is 0. The highest BCUT2D eigenvalue weighted by Gasteiger charge is 2.12. The van der Waals surface area contributed by atoms with Gasteiger partial charge in [0.15, 0.2) is 0 Å². The maximum Gasteiger partial charge on any atom is -0.0386 e. The van der Waals surface area contributed by atoms with Gasteiger partial charge in [-0.25, -0.2) is 0 Å². The molecular formula is C12H22. The van der Waals surface area contributed by atoms with Crippen LogP contribution in [0, 0.1) is 19.3 Å². The van der Waals surface area contributed by atoms with E-state index in [4.69, 9.17) is 0 Å². The van der Waals surface area contributed by atoms with Crippen LogP contribution in [-0.4, -0.2) is 0 Å². The summed E-state index contributed by atoms with van der Waals surface area (Å²) in [5, 5.41) is 0. The third-order valence-electron chi connectivity index (χ3n) is 2.92. The first-order valence-electron chi connectivity index (χ1n) is 5.54. The van der Waals surface area contributed by atoms with Crippen molar-refractivity contribution in [3.05, 3.63) is 13.3 Å². The van der Waals surface area contributed by atoms with Gasteiger partial charge in [-0.15, -0.1) is 0 Å². The van der Waals surface area contributed by atoms with Gasteiger partial charge in [-0.1, -0.05) is 51.9 Å². The Kier molecular flexibility index (Phi) is 5.47. The lowest BCUT2D eigenvalue weighted by atomic mass is 9.85. The molecule has 12 heavy (non-hydrogen) atoms. The third-order valence-corrected chi connectivity index (χ3v) is 2.92. The lowest BCUT2D eigenvalue weighted by molar-refractivity contribution is 0.366. The van der Waals surface area contributed by atoms with E-state index in [0.29, 0.717) is 0 Å². The zero-order valence-electron chi connectivity index (χ0n) is 8.23. The van der Waals surface area contributed by atoms with E-state index in [-0.39, 0.29) is 0 Å². The van der Waals surface area contributed by atoms with Crippen LogP contribution in [0.15, 0.2) is 0 Å². The first-order chi connectivity index (χ1) is 5.93. The quantitative estimate of drug-likeness (QED) is 0.538. The molecule has 1 aliphatic carbocycles. The zero-order chi connectivity index (χ0) is 8.65. The van der Waals surface area contributed by atoms with Gasteiger partial charge < -0.3 is 0 Å². The molecule has 0 aromatic carbocycles. The van der Waals surface area contributed by atoms with E-state index in [0.717, 1.165) is 12.3 Å². The summed E-state index contributed by atoms with van der Waals surface area (Å²) >= 11 is 0. The highest BCUT2D eigenvalue weighted by molar-refractivity contribution is 4.76. The molecule has 0 aromatic rings. The van der Waals surface area contributed by atoms with Gasteiger partial charge in [-0.2, -0.15) is 0 Å². The molecule has 2 radical (unpaired) electrons. The maximum absolute atomic E-state index is 3.87. The molecule has 70 valence electrons. The number of hydrogen-bond acceptors (Lipinski definition) is 0. The fourth-order valence-electron chi connectivity index (χ4n) is 2.07. The van der Waals surface area contributed by atoms with Crippen molar-refractivity contribution in [3.63, 3.8) is 0 Å². The maximum atomic E-state index is 3.87. The Hall–Kier alpha value is 0. The van der Waals surface area contributed by atoms with E-state index in [1.807, 2.05) is 0 Å². The third kappa shape index (κ3) is 4.13. The van der Waals surface area contributed by atoms with Gasteiger partial charge >= 0.3 is 0 Å². The minimum Gasteiger partial charge on any atom is -0.0533 e. The molecule has 0 heterocycles. The van der Waals surface area contributed by atoms with Crippen LogP contribution in [0.1, 0.15) is 57.8 Å². The van der Waals surface area contributed by atoms with Crippen molar-refractivity contribution in [2.24, 2.45) is 5.92 Å². The monoisotopic (exact) mass is 166 g/mol. The van der Waals surface area contributed by atoms with Crippen molar-refractivity contribution in [3.8, 4) is 0 Å².